The third kappa shape index (κ3) is 3.68. The molecule has 0 bridgehead atoms. The molecular formula is C13H26N2O2. The molecule has 1 fully saturated rings. The van der Waals surface area contributed by atoms with Crippen LogP contribution in [0, 0.1) is 11.3 Å². The third-order valence-electron chi connectivity index (χ3n) is 3.87. The molecule has 3 N–H and O–H groups in total. The zero-order valence-corrected chi connectivity index (χ0v) is 11.1. The Morgan fingerprint density at radius 2 is 2.18 bits per heavy atom. The van der Waals surface area contributed by atoms with E-state index in [2.05, 4.69) is 24.5 Å². The molecule has 0 aromatic heterocycles. The van der Waals surface area contributed by atoms with Gasteiger partial charge in [0.15, 0.2) is 0 Å². The number of carbonyl (C=O) groups is 1. The number of unbranched alkanes of at least 4 members (excludes halogenated alkanes) is 2. The lowest BCUT2D eigenvalue weighted by Gasteiger charge is -2.31. The normalized spacial score (nSPS) is 24.2. The molecule has 1 atom stereocenters. The quantitative estimate of drug-likeness (QED) is 0.581. The highest BCUT2D eigenvalue weighted by Gasteiger charge is 2.43. The smallest absolute Gasteiger partial charge is 0.227 e. The van der Waals surface area contributed by atoms with Gasteiger partial charge >= 0.3 is 0 Å². The zero-order valence-electron chi connectivity index (χ0n) is 11.1. The first-order chi connectivity index (χ1) is 8.13. The molecule has 17 heavy (non-hydrogen) atoms. The summed E-state index contributed by atoms with van der Waals surface area (Å²) in [5.74, 6) is 0.566. The predicted octanol–water partition coefficient (Wildman–Crippen LogP) is 0.901. The average molecular weight is 242 g/mol. The van der Waals surface area contributed by atoms with Crippen LogP contribution in [0.25, 0.3) is 0 Å². The summed E-state index contributed by atoms with van der Waals surface area (Å²) in [6.07, 6.45) is 3.69. The van der Waals surface area contributed by atoms with Crippen molar-refractivity contribution in [2.24, 2.45) is 11.3 Å². The van der Waals surface area contributed by atoms with Crippen LogP contribution in [0.15, 0.2) is 0 Å². The minimum absolute atomic E-state index is 0.196. The largest absolute Gasteiger partial charge is 0.396 e. The van der Waals surface area contributed by atoms with Crippen molar-refractivity contribution >= 4 is 5.91 Å². The van der Waals surface area contributed by atoms with Gasteiger partial charge in [0, 0.05) is 19.7 Å². The lowest BCUT2D eigenvalue weighted by atomic mass is 9.75. The van der Waals surface area contributed by atoms with Crippen LogP contribution < -0.4 is 10.6 Å². The van der Waals surface area contributed by atoms with Crippen LogP contribution in [0.2, 0.25) is 0 Å². The summed E-state index contributed by atoms with van der Waals surface area (Å²) in [7, 11) is 0. The van der Waals surface area contributed by atoms with Crippen molar-refractivity contribution in [1.29, 1.82) is 0 Å². The van der Waals surface area contributed by atoms with Gasteiger partial charge in [-0.2, -0.15) is 0 Å². The van der Waals surface area contributed by atoms with Crippen LogP contribution in [0.4, 0.5) is 0 Å². The number of rotatable bonds is 7. The van der Waals surface area contributed by atoms with E-state index in [9.17, 15) is 4.79 Å². The Balaban J connectivity index is 2.34. The van der Waals surface area contributed by atoms with E-state index in [1.54, 1.807) is 0 Å². The van der Waals surface area contributed by atoms with Crippen molar-refractivity contribution in [1.82, 2.24) is 10.6 Å². The van der Waals surface area contributed by atoms with E-state index < -0.39 is 0 Å². The summed E-state index contributed by atoms with van der Waals surface area (Å²) in [5.41, 5.74) is -0.211. The van der Waals surface area contributed by atoms with Crippen LogP contribution in [0.3, 0.4) is 0 Å². The zero-order chi connectivity index (χ0) is 12.7. The average Bonchev–Trinajstić information content (AvgIpc) is 2.79. The van der Waals surface area contributed by atoms with Crippen LogP contribution in [0.5, 0.6) is 0 Å². The number of aliphatic hydroxyl groups is 1. The van der Waals surface area contributed by atoms with Gasteiger partial charge in [0.25, 0.3) is 0 Å². The van der Waals surface area contributed by atoms with Crippen molar-refractivity contribution in [3.05, 3.63) is 0 Å². The van der Waals surface area contributed by atoms with E-state index in [1.165, 1.54) is 0 Å². The SMILES string of the molecule is CC(C)C1(C(=O)NCCCCCO)CCNC1. The van der Waals surface area contributed by atoms with E-state index in [1.807, 2.05) is 0 Å². The van der Waals surface area contributed by atoms with Gasteiger partial charge in [-0.25, -0.2) is 0 Å². The Morgan fingerprint density at radius 3 is 2.71 bits per heavy atom. The lowest BCUT2D eigenvalue weighted by Crippen LogP contribution is -2.46. The molecule has 4 nitrogen and oxygen atoms in total. The lowest BCUT2D eigenvalue weighted by molar-refractivity contribution is -0.132. The molecule has 0 saturated carbocycles. The van der Waals surface area contributed by atoms with E-state index in [0.29, 0.717) is 5.92 Å². The fourth-order valence-corrected chi connectivity index (χ4v) is 2.45. The minimum atomic E-state index is -0.211. The number of amides is 1. The molecule has 0 aromatic carbocycles. The van der Waals surface area contributed by atoms with Gasteiger partial charge in [0.1, 0.15) is 0 Å². The van der Waals surface area contributed by atoms with E-state index in [4.69, 9.17) is 5.11 Å². The highest BCUT2D eigenvalue weighted by Crippen LogP contribution is 2.34. The number of aliphatic hydroxyl groups excluding tert-OH is 1. The van der Waals surface area contributed by atoms with E-state index >= 15 is 0 Å². The molecule has 1 aliphatic heterocycles. The van der Waals surface area contributed by atoms with Gasteiger partial charge in [-0.05, 0) is 38.1 Å². The molecule has 0 aliphatic carbocycles. The van der Waals surface area contributed by atoms with Crippen molar-refractivity contribution in [3.63, 3.8) is 0 Å². The first-order valence-corrected chi connectivity index (χ1v) is 6.73. The van der Waals surface area contributed by atoms with E-state index in [0.717, 1.165) is 45.3 Å². The summed E-state index contributed by atoms with van der Waals surface area (Å²) >= 11 is 0. The summed E-state index contributed by atoms with van der Waals surface area (Å²) in [6.45, 7) is 6.96. The van der Waals surface area contributed by atoms with Crippen molar-refractivity contribution in [2.45, 2.75) is 39.5 Å². The molecule has 1 aliphatic rings. The number of hydrogen-bond acceptors (Lipinski definition) is 3. The summed E-state index contributed by atoms with van der Waals surface area (Å²) in [5, 5.41) is 15.0. The molecular weight excluding hydrogens is 216 g/mol. The molecule has 1 heterocycles. The first-order valence-electron chi connectivity index (χ1n) is 6.73. The third-order valence-corrected chi connectivity index (χ3v) is 3.87. The monoisotopic (exact) mass is 242 g/mol. The van der Waals surface area contributed by atoms with E-state index in [-0.39, 0.29) is 17.9 Å². The van der Waals surface area contributed by atoms with Crippen molar-refractivity contribution in [3.8, 4) is 0 Å². The fourth-order valence-electron chi connectivity index (χ4n) is 2.45. The maximum atomic E-state index is 12.2. The first kappa shape index (κ1) is 14.5. The molecule has 4 heteroatoms. The van der Waals surface area contributed by atoms with Crippen LogP contribution in [-0.4, -0.2) is 37.3 Å². The molecule has 0 aromatic rings. The van der Waals surface area contributed by atoms with Crippen LogP contribution in [-0.2, 0) is 4.79 Å². The van der Waals surface area contributed by atoms with Crippen molar-refractivity contribution < 1.29 is 9.90 Å². The van der Waals surface area contributed by atoms with Gasteiger partial charge < -0.3 is 15.7 Å². The second-order valence-corrected chi connectivity index (χ2v) is 5.28. The second-order valence-electron chi connectivity index (χ2n) is 5.28. The Hall–Kier alpha value is -0.610. The van der Waals surface area contributed by atoms with Gasteiger partial charge in [0.2, 0.25) is 5.91 Å². The highest BCUT2D eigenvalue weighted by atomic mass is 16.2. The highest BCUT2D eigenvalue weighted by molar-refractivity contribution is 5.83. The maximum Gasteiger partial charge on any atom is 0.227 e. The van der Waals surface area contributed by atoms with Gasteiger partial charge in [0.05, 0.1) is 5.41 Å². The molecule has 1 saturated heterocycles. The van der Waals surface area contributed by atoms with Crippen LogP contribution >= 0.6 is 0 Å². The number of carbonyl (C=O) groups excluding carboxylic acids is 1. The molecule has 0 radical (unpaired) electrons. The minimum Gasteiger partial charge on any atom is -0.396 e. The van der Waals surface area contributed by atoms with Crippen LogP contribution in [0.1, 0.15) is 39.5 Å². The molecule has 1 rings (SSSR count). The fraction of sp³-hybridized carbons (Fsp3) is 0.923. The van der Waals surface area contributed by atoms with Gasteiger partial charge in [-0.3, -0.25) is 4.79 Å². The Morgan fingerprint density at radius 1 is 1.41 bits per heavy atom. The molecule has 1 unspecified atom stereocenters. The van der Waals surface area contributed by atoms with Crippen molar-refractivity contribution in [2.75, 3.05) is 26.2 Å². The Kier molecular flexibility index (Phi) is 5.92. The number of hydrogen-bond donors (Lipinski definition) is 3. The summed E-state index contributed by atoms with van der Waals surface area (Å²) in [4.78, 5) is 12.2. The molecule has 100 valence electrons. The number of nitrogens with one attached hydrogen (secondary N) is 2. The molecule has 0 spiro atoms. The Labute approximate surface area is 104 Å². The standard InChI is InChI=1S/C13H26N2O2/c1-11(2)13(6-8-14-10-13)12(17)15-7-4-3-5-9-16/h11,14,16H,3-10H2,1-2H3,(H,15,17). The summed E-state index contributed by atoms with van der Waals surface area (Å²) in [6, 6.07) is 0. The van der Waals surface area contributed by atoms with Gasteiger partial charge in [-0.1, -0.05) is 13.8 Å². The molecule has 1 amide bonds. The second kappa shape index (κ2) is 6.97. The summed E-state index contributed by atoms with van der Waals surface area (Å²) < 4.78 is 0. The Bertz CT molecular complexity index is 236. The predicted molar refractivity (Wildman–Crippen MR) is 68.7 cm³/mol. The topological polar surface area (TPSA) is 61.4 Å². The maximum absolute atomic E-state index is 12.2. The van der Waals surface area contributed by atoms with Gasteiger partial charge in [-0.15, -0.1) is 0 Å².